The predicted octanol–water partition coefficient (Wildman–Crippen LogP) is 4.26. The monoisotopic (exact) mass is 452 g/mol. The van der Waals surface area contributed by atoms with Crippen molar-refractivity contribution >= 4 is 18.0 Å². The fraction of sp³-hybridized carbons (Fsp3) is 0.423. The topological polar surface area (TPSA) is 95.9 Å². The Hall–Kier alpha value is -3.35. The number of carboxylic acids is 1. The van der Waals surface area contributed by atoms with Crippen molar-refractivity contribution in [2.24, 2.45) is 5.92 Å². The molecular weight excluding hydrogens is 420 g/mol. The highest BCUT2D eigenvalue weighted by molar-refractivity contribution is 5.86. The lowest BCUT2D eigenvalue weighted by atomic mass is 9.97. The van der Waals surface area contributed by atoms with Crippen LogP contribution in [0.2, 0.25) is 0 Å². The number of nitrogens with one attached hydrogen (secondary N) is 1. The Morgan fingerprint density at radius 1 is 1.03 bits per heavy atom. The third-order valence-electron chi connectivity index (χ3n) is 6.39. The van der Waals surface area contributed by atoms with E-state index in [0.29, 0.717) is 13.0 Å². The number of likely N-dealkylation sites (N-methyl/N-ethyl adjacent to an activating group) is 1. The van der Waals surface area contributed by atoms with Crippen LogP contribution >= 0.6 is 0 Å². The first-order valence-corrected chi connectivity index (χ1v) is 11.5. The number of amides is 2. The normalized spacial score (nSPS) is 14.0. The van der Waals surface area contributed by atoms with Crippen LogP contribution in [0, 0.1) is 5.92 Å². The maximum absolute atomic E-state index is 13.1. The molecule has 2 aromatic rings. The second-order valence-electron chi connectivity index (χ2n) is 8.39. The first kappa shape index (κ1) is 24.3. The van der Waals surface area contributed by atoms with Gasteiger partial charge in [-0.25, -0.2) is 4.79 Å². The third-order valence-corrected chi connectivity index (χ3v) is 6.39. The van der Waals surface area contributed by atoms with Gasteiger partial charge in [0, 0.05) is 19.0 Å². The Morgan fingerprint density at radius 3 is 2.12 bits per heavy atom. The summed E-state index contributed by atoms with van der Waals surface area (Å²) in [6, 6.07) is 15.4. The van der Waals surface area contributed by atoms with Crippen molar-refractivity contribution in [3.05, 3.63) is 59.7 Å². The number of carboxylic acid groups (broad SMARTS) is 1. The summed E-state index contributed by atoms with van der Waals surface area (Å²) in [5.74, 6) is -1.45. The minimum atomic E-state index is -0.967. The highest BCUT2D eigenvalue weighted by Crippen LogP contribution is 2.44. The van der Waals surface area contributed by atoms with Crippen LogP contribution in [0.4, 0.5) is 4.79 Å². The smallest absolute Gasteiger partial charge is 0.407 e. The van der Waals surface area contributed by atoms with Crippen molar-refractivity contribution < 1.29 is 24.2 Å². The van der Waals surface area contributed by atoms with Crippen molar-refractivity contribution in [3.8, 4) is 11.1 Å². The fourth-order valence-electron chi connectivity index (χ4n) is 4.30. The van der Waals surface area contributed by atoms with Crippen LogP contribution in [-0.4, -0.2) is 53.7 Å². The van der Waals surface area contributed by atoms with Gasteiger partial charge >= 0.3 is 12.1 Å². The largest absolute Gasteiger partial charge is 0.481 e. The van der Waals surface area contributed by atoms with E-state index in [4.69, 9.17) is 9.84 Å². The molecule has 1 aliphatic carbocycles. The molecule has 0 saturated heterocycles. The van der Waals surface area contributed by atoms with E-state index in [2.05, 4.69) is 17.4 Å². The minimum Gasteiger partial charge on any atom is -0.481 e. The summed E-state index contributed by atoms with van der Waals surface area (Å²) in [7, 11) is 0. The minimum absolute atomic E-state index is 0.0661. The first-order chi connectivity index (χ1) is 15.9. The molecule has 0 aromatic heterocycles. The Kier molecular flexibility index (Phi) is 8.09. The molecule has 2 N–H and O–H groups in total. The average Bonchev–Trinajstić information content (AvgIpc) is 3.14. The van der Waals surface area contributed by atoms with Crippen LogP contribution in [0.25, 0.3) is 11.1 Å². The molecule has 33 heavy (non-hydrogen) atoms. The highest BCUT2D eigenvalue weighted by Gasteiger charge is 2.32. The lowest BCUT2D eigenvalue weighted by Gasteiger charge is -2.29. The molecule has 0 radical (unpaired) electrons. The maximum atomic E-state index is 13.1. The standard InChI is InChI=1S/C26H32N2O5/c1-4-17(3)24(25(31)28(5-2)15-14-23(29)30)27-26(32)33-16-22-20-12-8-6-10-18(20)19-11-7-9-13-21(19)22/h6-13,17,22,24H,4-5,14-16H2,1-3H3,(H,27,32)(H,29,30). The first-order valence-electron chi connectivity index (χ1n) is 11.5. The van der Waals surface area contributed by atoms with E-state index in [1.54, 1.807) is 6.92 Å². The molecule has 2 aromatic carbocycles. The Bertz CT molecular complexity index is 960. The molecule has 176 valence electrons. The number of fused-ring (bicyclic) bond motifs is 3. The number of carbonyl (C=O) groups excluding carboxylic acids is 2. The molecular formula is C26H32N2O5. The molecule has 2 amide bonds. The van der Waals surface area contributed by atoms with Crippen LogP contribution in [0.1, 0.15) is 50.7 Å². The van der Waals surface area contributed by atoms with Crippen molar-refractivity contribution in [1.82, 2.24) is 10.2 Å². The predicted molar refractivity (Wildman–Crippen MR) is 126 cm³/mol. The second kappa shape index (κ2) is 11.0. The van der Waals surface area contributed by atoms with Gasteiger partial charge in [0.05, 0.1) is 6.42 Å². The molecule has 1 aliphatic rings. The van der Waals surface area contributed by atoms with Gasteiger partial charge in [-0.2, -0.15) is 0 Å². The third kappa shape index (κ3) is 5.53. The van der Waals surface area contributed by atoms with E-state index in [9.17, 15) is 14.4 Å². The maximum Gasteiger partial charge on any atom is 0.407 e. The van der Waals surface area contributed by atoms with Crippen molar-refractivity contribution in [3.63, 3.8) is 0 Å². The van der Waals surface area contributed by atoms with E-state index < -0.39 is 18.1 Å². The van der Waals surface area contributed by atoms with Gasteiger partial charge in [0.2, 0.25) is 5.91 Å². The molecule has 0 bridgehead atoms. The number of benzene rings is 2. The molecule has 0 heterocycles. The summed E-state index contributed by atoms with van der Waals surface area (Å²) in [4.78, 5) is 38.2. The average molecular weight is 453 g/mol. The van der Waals surface area contributed by atoms with Gasteiger partial charge in [-0.15, -0.1) is 0 Å². The zero-order valence-corrected chi connectivity index (χ0v) is 19.4. The molecule has 7 heteroatoms. The van der Waals surface area contributed by atoms with Crippen molar-refractivity contribution in [2.75, 3.05) is 19.7 Å². The van der Waals surface area contributed by atoms with Gasteiger partial charge in [0.1, 0.15) is 12.6 Å². The molecule has 0 aliphatic heterocycles. The number of hydrogen-bond acceptors (Lipinski definition) is 4. The summed E-state index contributed by atoms with van der Waals surface area (Å²) in [5.41, 5.74) is 4.53. The molecule has 3 rings (SSSR count). The zero-order chi connectivity index (χ0) is 24.0. The Labute approximate surface area is 194 Å². The van der Waals surface area contributed by atoms with Crippen LogP contribution in [0.3, 0.4) is 0 Å². The fourth-order valence-corrected chi connectivity index (χ4v) is 4.30. The van der Waals surface area contributed by atoms with E-state index in [1.807, 2.05) is 50.2 Å². The Balaban J connectivity index is 1.69. The van der Waals surface area contributed by atoms with Crippen molar-refractivity contribution in [1.29, 1.82) is 0 Å². The number of aliphatic carboxylic acids is 1. The molecule has 7 nitrogen and oxygen atoms in total. The SMILES string of the molecule is CCC(C)C(NC(=O)OCC1c2ccccc2-c2ccccc21)C(=O)N(CC)CCC(=O)O. The number of hydrogen-bond donors (Lipinski definition) is 2. The van der Waals surface area contributed by atoms with Crippen molar-refractivity contribution in [2.45, 2.75) is 45.6 Å². The molecule has 2 unspecified atom stereocenters. The molecule has 0 saturated carbocycles. The van der Waals surface area contributed by atoms with Gasteiger partial charge in [-0.05, 0) is 35.1 Å². The van der Waals surface area contributed by atoms with Gasteiger partial charge in [-0.1, -0.05) is 68.8 Å². The summed E-state index contributed by atoms with van der Waals surface area (Å²) < 4.78 is 5.61. The molecule has 0 spiro atoms. The van der Waals surface area contributed by atoms with E-state index in [-0.39, 0.29) is 37.3 Å². The lowest BCUT2D eigenvalue weighted by Crippen LogP contribution is -2.52. The van der Waals surface area contributed by atoms with Gasteiger partial charge in [0.15, 0.2) is 0 Å². The number of rotatable bonds is 10. The van der Waals surface area contributed by atoms with Gasteiger partial charge < -0.3 is 20.1 Å². The summed E-state index contributed by atoms with van der Waals surface area (Å²) in [5, 5.41) is 11.7. The van der Waals surface area contributed by atoms with Gasteiger partial charge in [0.25, 0.3) is 0 Å². The van der Waals surface area contributed by atoms with E-state index in [1.165, 1.54) is 4.90 Å². The highest BCUT2D eigenvalue weighted by atomic mass is 16.5. The number of nitrogens with zero attached hydrogens (tertiary/aromatic N) is 1. The Morgan fingerprint density at radius 2 is 1.61 bits per heavy atom. The molecule has 0 fully saturated rings. The van der Waals surface area contributed by atoms with E-state index in [0.717, 1.165) is 22.3 Å². The molecule has 2 atom stereocenters. The van der Waals surface area contributed by atoms with Crippen LogP contribution in [0.15, 0.2) is 48.5 Å². The quantitative estimate of drug-likeness (QED) is 0.561. The summed E-state index contributed by atoms with van der Waals surface area (Å²) in [6.07, 6.45) is -0.112. The van der Waals surface area contributed by atoms with Crippen LogP contribution in [-0.2, 0) is 14.3 Å². The summed E-state index contributed by atoms with van der Waals surface area (Å²) >= 11 is 0. The van der Waals surface area contributed by atoms with Crippen LogP contribution < -0.4 is 5.32 Å². The number of alkyl carbamates (subject to hydrolysis) is 1. The zero-order valence-electron chi connectivity index (χ0n) is 19.4. The van der Waals surface area contributed by atoms with Crippen LogP contribution in [0.5, 0.6) is 0 Å². The number of ether oxygens (including phenoxy) is 1. The van der Waals surface area contributed by atoms with E-state index >= 15 is 0 Å². The van der Waals surface area contributed by atoms with Gasteiger partial charge in [-0.3, -0.25) is 9.59 Å². The lowest BCUT2D eigenvalue weighted by molar-refractivity contribution is -0.139. The number of carbonyl (C=O) groups is 3. The summed E-state index contributed by atoms with van der Waals surface area (Å²) in [6.45, 7) is 6.25. The second-order valence-corrected chi connectivity index (χ2v) is 8.39.